The Morgan fingerprint density at radius 1 is 1.44 bits per heavy atom. The monoisotopic (exact) mass is 249 g/mol. The van der Waals surface area contributed by atoms with Crippen LogP contribution in [0.4, 0.5) is 5.69 Å². The van der Waals surface area contributed by atoms with Crippen LogP contribution in [0.25, 0.3) is 0 Å². The van der Waals surface area contributed by atoms with E-state index in [-0.39, 0.29) is 0 Å². The Labute approximate surface area is 109 Å². The summed E-state index contributed by atoms with van der Waals surface area (Å²) >= 11 is 0. The third kappa shape index (κ3) is 3.15. The van der Waals surface area contributed by atoms with Crippen LogP contribution < -0.4 is 20.3 Å². The lowest BCUT2D eigenvalue weighted by molar-refractivity contribution is 0.338. The molecule has 0 spiro atoms. The number of rotatable bonds is 5. The number of anilines is 1. The maximum Gasteiger partial charge on any atom is 0.142 e. The molecular weight excluding hydrogens is 226 g/mol. The number of para-hydroxylation sites is 2. The molecule has 1 aliphatic heterocycles. The van der Waals surface area contributed by atoms with Crippen molar-refractivity contribution < 1.29 is 4.74 Å². The number of benzene rings is 1. The Morgan fingerprint density at radius 2 is 2.28 bits per heavy atom. The maximum atomic E-state index is 5.71. The predicted molar refractivity (Wildman–Crippen MR) is 75.5 cm³/mol. The van der Waals surface area contributed by atoms with Gasteiger partial charge in [-0.25, -0.2) is 0 Å². The van der Waals surface area contributed by atoms with E-state index in [1.54, 1.807) is 0 Å². The summed E-state index contributed by atoms with van der Waals surface area (Å²) in [5.74, 6) is 0.991. The molecule has 18 heavy (non-hydrogen) atoms. The first kappa shape index (κ1) is 13.2. The Hall–Kier alpha value is -1.26. The van der Waals surface area contributed by atoms with Gasteiger partial charge >= 0.3 is 0 Å². The van der Waals surface area contributed by atoms with Gasteiger partial charge in [0.25, 0.3) is 0 Å². The predicted octanol–water partition coefficient (Wildman–Crippen LogP) is 1.08. The first-order valence-corrected chi connectivity index (χ1v) is 6.70. The molecule has 1 heterocycles. The Kier molecular flexibility index (Phi) is 4.84. The molecule has 1 saturated heterocycles. The van der Waals surface area contributed by atoms with Crippen molar-refractivity contribution in [3.8, 4) is 5.75 Å². The molecule has 4 heteroatoms. The number of nitrogens with one attached hydrogen (secondary N) is 2. The number of piperazine rings is 1. The minimum absolute atomic E-state index is 0.499. The average molecular weight is 249 g/mol. The maximum absolute atomic E-state index is 5.71. The number of likely N-dealkylation sites (N-methyl/N-ethyl adjacent to an activating group) is 1. The number of nitrogens with zero attached hydrogens (tertiary/aromatic N) is 1. The fraction of sp³-hybridized carbons (Fsp3) is 0.571. The minimum atomic E-state index is 0.499. The van der Waals surface area contributed by atoms with Gasteiger partial charge in [0.1, 0.15) is 5.75 Å². The minimum Gasteiger partial charge on any atom is -0.492 e. The van der Waals surface area contributed by atoms with Crippen LogP contribution in [0.1, 0.15) is 6.92 Å². The summed E-state index contributed by atoms with van der Waals surface area (Å²) in [7, 11) is 1.99. The molecule has 100 valence electrons. The van der Waals surface area contributed by atoms with Crippen LogP contribution in [0.3, 0.4) is 0 Å². The molecule has 0 bridgehead atoms. The van der Waals surface area contributed by atoms with Crippen molar-refractivity contribution in [1.29, 1.82) is 0 Å². The van der Waals surface area contributed by atoms with E-state index >= 15 is 0 Å². The van der Waals surface area contributed by atoms with Gasteiger partial charge in [-0.05, 0) is 26.1 Å². The summed E-state index contributed by atoms with van der Waals surface area (Å²) in [5.41, 5.74) is 1.21. The van der Waals surface area contributed by atoms with Crippen molar-refractivity contribution in [2.24, 2.45) is 0 Å². The van der Waals surface area contributed by atoms with E-state index in [1.807, 2.05) is 26.1 Å². The summed E-state index contributed by atoms with van der Waals surface area (Å²) in [4.78, 5) is 2.41. The summed E-state index contributed by atoms with van der Waals surface area (Å²) < 4.78 is 5.71. The Balaban J connectivity index is 2.10. The largest absolute Gasteiger partial charge is 0.492 e. The Bertz CT molecular complexity index is 368. The van der Waals surface area contributed by atoms with Crippen molar-refractivity contribution in [3.05, 3.63) is 24.3 Å². The molecule has 0 saturated carbocycles. The third-order valence-electron chi connectivity index (χ3n) is 3.21. The van der Waals surface area contributed by atoms with Crippen molar-refractivity contribution in [1.82, 2.24) is 10.6 Å². The van der Waals surface area contributed by atoms with Gasteiger partial charge in [0.2, 0.25) is 0 Å². The summed E-state index contributed by atoms with van der Waals surface area (Å²) in [6.45, 7) is 6.80. The quantitative estimate of drug-likeness (QED) is 0.819. The molecule has 0 aromatic heterocycles. The molecule has 0 aliphatic carbocycles. The molecule has 4 nitrogen and oxygen atoms in total. The van der Waals surface area contributed by atoms with Crippen molar-refractivity contribution in [2.45, 2.75) is 13.0 Å². The molecule has 2 rings (SSSR count). The van der Waals surface area contributed by atoms with Crippen LogP contribution >= 0.6 is 0 Å². The zero-order chi connectivity index (χ0) is 12.8. The van der Waals surface area contributed by atoms with Crippen LogP contribution in [0.2, 0.25) is 0 Å². The second kappa shape index (κ2) is 6.61. The summed E-state index contributed by atoms with van der Waals surface area (Å²) in [6, 6.07) is 8.80. The fourth-order valence-electron chi connectivity index (χ4n) is 2.42. The molecule has 1 fully saturated rings. The zero-order valence-corrected chi connectivity index (χ0v) is 11.3. The standard InChI is InChI=1S/C14H23N3O/c1-3-18-14-7-5-4-6-13(14)17-9-8-16-12(11-17)10-15-2/h4-7,12,15-16H,3,8-11H2,1-2H3. The van der Waals surface area contributed by atoms with Crippen LogP contribution in [-0.2, 0) is 0 Å². The lowest BCUT2D eigenvalue weighted by Gasteiger charge is -2.36. The molecule has 1 unspecified atom stereocenters. The molecular formula is C14H23N3O. The molecule has 1 aromatic carbocycles. The second-order valence-corrected chi connectivity index (χ2v) is 4.56. The van der Waals surface area contributed by atoms with Gasteiger partial charge in [-0.3, -0.25) is 0 Å². The van der Waals surface area contributed by atoms with Gasteiger partial charge in [-0.15, -0.1) is 0 Å². The van der Waals surface area contributed by atoms with Crippen molar-refractivity contribution >= 4 is 5.69 Å². The number of hydrogen-bond donors (Lipinski definition) is 2. The highest BCUT2D eigenvalue weighted by atomic mass is 16.5. The Morgan fingerprint density at radius 3 is 3.06 bits per heavy atom. The van der Waals surface area contributed by atoms with Gasteiger partial charge in [0.05, 0.1) is 12.3 Å². The molecule has 1 atom stereocenters. The SMILES string of the molecule is CCOc1ccccc1N1CCNC(CNC)C1. The zero-order valence-electron chi connectivity index (χ0n) is 11.3. The molecule has 0 amide bonds. The first-order valence-electron chi connectivity index (χ1n) is 6.70. The molecule has 0 radical (unpaired) electrons. The highest BCUT2D eigenvalue weighted by molar-refractivity contribution is 5.58. The van der Waals surface area contributed by atoms with Crippen LogP contribution in [0, 0.1) is 0 Å². The van der Waals surface area contributed by atoms with E-state index in [0.29, 0.717) is 12.6 Å². The fourth-order valence-corrected chi connectivity index (χ4v) is 2.42. The van der Waals surface area contributed by atoms with E-state index in [0.717, 1.165) is 31.9 Å². The van der Waals surface area contributed by atoms with Gasteiger partial charge in [0.15, 0.2) is 0 Å². The van der Waals surface area contributed by atoms with Crippen LogP contribution in [0.15, 0.2) is 24.3 Å². The van der Waals surface area contributed by atoms with E-state index in [1.165, 1.54) is 5.69 Å². The summed E-state index contributed by atoms with van der Waals surface area (Å²) in [6.07, 6.45) is 0. The average Bonchev–Trinajstić information content (AvgIpc) is 2.40. The van der Waals surface area contributed by atoms with Crippen molar-refractivity contribution in [3.63, 3.8) is 0 Å². The second-order valence-electron chi connectivity index (χ2n) is 4.56. The highest BCUT2D eigenvalue weighted by Gasteiger charge is 2.20. The first-order chi connectivity index (χ1) is 8.85. The lowest BCUT2D eigenvalue weighted by atomic mass is 10.1. The van der Waals surface area contributed by atoms with Crippen molar-refractivity contribution in [2.75, 3.05) is 44.7 Å². The molecule has 1 aromatic rings. The van der Waals surface area contributed by atoms with Gasteiger partial charge in [-0.1, -0.05) is 12.1 Å². The van der Waals surface area contributed by atoms with E-state index in [9.17, 15) is 0 Å². The summed E-state index contributed by atoms with van der Waals surface area (Å²) in [5, 5.41) is 6.76. The number of ether oxygens (including phenoxy) is 1. The normalized spacial score (nSPS) is 19.9. The van der Waals surface area contributed by atoms with E-state index < -0.39 is 0 Å². The van der Waals surface area contributed by atoms with Crippen LogP contribution in [0.5, 0.6) is 5.75 Å². The van der Waals surface area contributed by atoms with E-state index in [4.69, 9.17) is 4.74 Å². The van der Waals surface area contributed by atoms with Gasteiger partial charge in [0, 0.05) is 32.2 Å². The van der Waals surface area contributed by atoms with Crippen LogP contribution in [-0.4, -0.2) is 45.9 Å². The van der Waals surface area contributed by atoms with E-state index in [2.05, 4.69) is 27.7 Å². The smallest absolute Gasteiger partial charge is 0.142 e. The highest BCUT2D eigenvalue weighted by Crippen LogP contribution is 2.28. The third-order valence-corrected chi connectivity index (χ3v) is 3.21. The topological polar surface area (TPSA) is 36.5 Å². The van der Waals surface area contributed by atoms with Gasteiger partial charge in [-0.2, -0.15) is 0 Å². The van der Waals surface area contributed by atoms with Gasteiger partial charge < -0.3 is 20.3 Å². The molecule has 2 N–H and O–H groups in total. The number of hydrogen-bond acceptors (Lipinski definition) is 4. The molecule has 1 aliphatic rings. The lowest BCUT2D eigenvalue weighted by Crippen LogP contribution is -2.54.